The van der Waals surface area contributed by atoms with Gasteiger partial charge in [0, 0.05) is 49.3 Å². The van der Waals surface area contributed by atoms with Gasteiger partial charge in [-0.05, 0) is 38.1 Å². The molecule has 1 spiro atoms. The Bertz CT molecular complexity index is 627. The SMILES string of the molecule is CSCCC(=O)N1CCC2(CCCN(Cc3cccc(F)c3F)C2)C1. The summed E-state index contributed by atoms with van der Waals surface area (Å²) in [5, 5.41) is 0. The first kappa shape index (κ1) is 18.6. The summed E-state index contributed by atoms with van der Waals surface area (Å²) in [7, 11) is 0. The van der Waals surface area contributed by atoms with Gasteiger partial charge >= 0.3 is 0 Å². The number of carbonyl (C=O) groups is 1. The van der Waals surface area contributed by atoms with E-state index in [1.54, 1.807) is 23.9 Å². The fourth-order valence-electron chi connectivity index (χ4n) is 4.19. The number of amides is 1. The molecule has 2 fully saturated rings. The van der Waals surface area contributed by atoms with E-state index in [0.29, 0.717) is 18.5 Å². The van der Waals surface area contributed by atoms with Gasteiger partial charge in [-0.25, -0.2) is 8.78 Å². The highest BCUT2D eigenvalue weighted by molar-refractivity contribution is 7.98. The van der Waals surface area contributed by atoms with E-state index in [4.69, 9.17) is 0 Å². The quantitative estimate of drug-likeness (QED) is 0.794. The van der Waals surface area contributed by atoms with Gasteiger partial charge in [-0.3, -0.25) is 9.69 Å². The van der Waals surface area contributed by atoms with Gasteiger partial charge in [-0.2, -0.15) is 11.8 Å². The molecule has 6 heteroatoms. The minimum Gasteiger partial charge on any atom is -0.342 e. The van der Waals surface area contributed by atoms with Crippen LogP contribution in [0, 0.1) is 17.0 Å². The van der Waals surface area contributed by atoms with Crippen LogP contribution in [0.3, 0.4) is 0 Å². The largest absolute Gasteiger partial charge is 0.342 e. The summed E-state index contributed by atoms with van der Waals surface area (Å²) in [6, 6.07) is 4.38. The molecule has 0 saturated carbocycles. The topological polar surface area (TPSA) is 23.6 Å². The van der Waals surface area contributed by atoms with Gasteiger partial charge in [0.15, 0.2) is 11.6 Å². The van der Waals surface area contributed by atoms with E-state index in [1.165, 1.54) is 0 Å². The Morgan fingerprint density at radius 2 is 2.08 bits per heavy atom. The standard InChI is InChI=1S/C19H26F2N2OS/c1-25-11-6-17(24)23-10-8-19(14-23)7-3-9-22(13-19)12-15-4-2-5-16(20)18(15)21/h2,4-5H,3,6-14H2,1H3. The first-order valence-electron chi connectivity index (χ1n) is 8.95. The molecule has 2 aliphatic heterocycles. The summed E-state index contributed by atoms with van der Waals surface area (Å²) in [6.07, 6.45) is 5.80. The predicted molar refractivity (Wildman–Crippen MR) is 97.5 cm³/mol. The lowest BCUT2D eigenvalue weighted by molar-refractivity contribution is -0.130. The van der Waals surface area contributed by atoms with E-state index in [0.717, 1.165) is 57.3 Å². The molecule has 138 valence electrons. The van der Waals surface area contributed by atoms with Crippen molar-refractivity contribution in [3.05, 3.63) is 35.4 Å². The molecule has 2 heterocycles. The lowest BCUT2D eigenvalue weighted by Gasteiger charge is -2.40. The van der Waals surface area contributed by atoms with Crippen LogP contribution in [-0.4, -0.2) is 53.9 Å². The summed E-state index contributed by atoms with van der Waals surface area (Å²) >= 11 is 1.70. The predicted octanol–water partition coefficient (Wildman–Crippen LogP) is 3.53. The molecule has 1 amide bonds. The highest BCUT2D eigenvalue weighted by atomic mass is 32.2. The lowest BCUT2D eigenvalue weighted by Crippen LogP contribution is -2.45. The molecule has 0 N–H and O–H groups in total. The molecular formula is C19H26F2N2OS. The Morgan fingerprint density at radius 3 is 2.88 bits per heavy atom. The van der Waals surface area contributed by atoms with Crippen LogP contribution in [0.25, 0.3) is 0 Å². The molecule has 1 unspecified atom stereocenters. The van der Waals surface area contributed by atoms with Crippen molar-refractivity contribution >= 4 is 17.7 Å². The van der Waals surface area contributed by atoms with Crippen LogP contribution in [0.5, 0.6) is 0 Å². The zero-order valence-corrected chi connectivity index (χ0v) is 15.6. The van der Waals surface area contributed by atoms with Crippen molar-refractivity contribution in [1.82, 2.24) is 9.80 Å². The molecule has 0 aromatic heterocycles. The molecule has 1 aromatic carbocycles. The van der Waals surface area contributed by atoms with Gasteiger partial charge in [-0.15, -0.1) is 0 Å². The van der Waals surface area contributed by atoms with Gasteiger partial charge in [0.1, 0.15) is 0 Å². The van der Waals surface area contributed by atoms with Gasteiger partial charge in [0.2, 0.25) is 5.91 Å². The van der Waals surface area contributed by atoms with Crippen molar-refractivity contribution in [1.29, 1.82) is 0 Å². The summed E-state index contributed by atoms with van der Waals surface area (Å²) in [4.78, 5) is 16.5. The Morgan fingerprint density at radius 1 is 1.24 bits per heavy atom. The van der Waals surface area contributed by atoms with E-state index in [2.05, 4.69) is 4.90 Å². The van der Waals surface area contributed by atoms with Gasteiger partial charge in [0.05, 0.1) is 0 Å². The first-order valence-corrected chi connectivity index (χ1v) is 10.3. The third-order valence-corrected chi connectivity index (χ3v) is 6.09. The summed E-state index contributed by atoms with van der Waals surface area (Å²) in [6.45, 7) is 3.83. The fourth-order valence-corrected chi connectivity index (χ4v) is 4.56. The van der Waals surface area contributed by atoms with Crippen molar-refractivity contribution in [2.75, 3.05) is 38.2 Å². The van der Waals surface area contributed by atoms with Crippen LogP contribution in [-0.2, 0) is 11.3 Å². The third-order valence-electron chi connectivity index (χ3n) is 5.48. The number of benzene rings is 1. The number of hydrogen-bond acceptors (Lipinski definition) is 3. The summed E-state index contributed by atoms with van der Waals surface area (Å²) in [5.74, 6) is -0.398. The molecule has 0 bridgehead atoms. The van der Waals surface area contributed by atoms with E-state index in [9.17, 15) is 13.6 Å². The van der Waals surface area contributed by atoms with Crippen LogP contribution >= 0.6 is 11.8 Å². The number of nitrogens with zero attached hydrogens (tertiary/aromatic N) is 2. The van der Waals surface area contributed by atoms with Crippen molar-refractivity contribution in [3.63, 3.8) is 0 Å². The minimum absolute atomic E-state index is 0.122. The number of carbonyl (C=O) groups excluding carboxylic acids is 1. The summed E-state index contributed by atoms with van der Waals surface area (Å²) in [5.41, 5.74) is 0.541. The Kier molecular flexibility index (Phi) is 6.00. The smallest absolute Gasteiger partial charge is 0.223 e. The van der Waals surface area contributed by atoms with Crippen LogP contribution < -0.4 is 0 Å². The molecule has 3 rings (SSSR count). The number of hydrogen-bond donors (Lipinski definition) is 0. The van der Waals surface area contributed by atoms with Crippen LogP contribution in [0.1, 0.15) is 31.2 Å². The molecule has 1 atom stereocenters. The van der Waals surface area contributed by atoms with Gasteiger partial charge in [-0.1, -0.05) is 12.1 Å². The highest BCUT2D eigenvalue weighted by Gasteiger charge is 2.42. The number of halogens is 2. The van der Waals surface area contributed by atoms with Crippen molar-refractivity contribution in [3.8, 4) is 0 Å². The average Bonchev–Trinajstić information content (AvgIpc) is 3.00. The van der Waals surface area contributed by atoms with E-state index < -0.39 is 11.6 Å². The van der Waals surface area contributed by atoms with Crippen LogP contribution in [0.4, 0.5) is 8.78 Å². The first-order chi connectivity index (χ1) is 12.0. The van der Waals surface area contributed by atoms with Crippen molar-refractivity contribution in [2.24, 2.45) is 5.41 Å². The van der Waals surface area contributed by atoms with Crippen LogP contribution in [0.15, 0.2) is 18.2 Å². The molecule has 0 radical (unpaired) electrons. The maximum atomic E-state index is 14.0. The van der Waals surface area contributed by atoms with E-state index >= 15 is 0 Å². The monoisotopic (exact) mass is 368 g/mol. The van der Waals surface area contributed by atoms with Crippen LogP contribution in [0.2, 0.25) is 0 Å². The van der Waals surface area contributed by atoms with Gasteiger partial charge in [0.25, 0.3) is 0 Å². The van der Waals surface area contributed by atoms with E-state index in [1.807, 2.05) is 11.2 Å². The zero-order valence-electron chi connectivity index (χ0n) is 14.8. The Labute approximate surface area is 152 Å². The minimum atomic E-state index is -0.782. The molecule has 2 saturated heterocycles. The maximum absolute atomic E-state index is 14.0. The highest BCUT2D eigenvalue weighted by Crippen LogP contribution is 2.39. The number of piperidine rings is 1. The lowest BCUT2D eigenvalue weighted by atomic mass is 9.79. The maximum Gasteiger partial charge on any atom is 0.223 e. The second-order valence-electron chi connectivity index (χ2n) is 7.34. The Hall–Kier alpha value is -1.14. The normalized spacial score (nSPS) is 24.2. The fraction of sp³-hybridized carbons (Fsp3) is 0.632. The molecule has 2 aliphatic rings. The van der Waals surface area contributed by atoms with Crippen molar-refractivity contribution in [2.45, 2.75) is 32.2 Å². The van der Waals surface area contributed by atoms with Crippen molar-refractivity contribution < 1.29 is 13.6 Å². The second-order valence-corrected chi connectivity index (χ2v) is 8.32. The number of rotatable bonds is 5. The Balaban J connectivity index is 1.61. The molecular weight excluding hydrogens is 342 g/mol. The van der Waals surface area contributed by atoms with Gasteiger partial charge < -0.3 is 4.90 Å². The van der Waals surface area contributed by atoms with E-state index in [-0.39, 0.29) is 11.3 Å². The molecule has 25 heavy (non-hydrogen) atoms. The summed E-state index contributed by atoms with van der Waals surface area (Å²) < 4.78 is 27.4. The molecule has 1 aromatic rings. The second kappa shape index (κ2) is 8.04. The number of likely N-dealkylation sites (tertiary alicyclic amines) is 2. The zero-order chi connectivity index (χ0) is 17.9. The molecule has 0 aliphatic carbocycles. The third kappa shape index (κ3) is 4.34. The molecule has 3 nitrogen and oxygen atoms in total. The average molecular weight is 368 g/mol. The number of thioether (sulfide) groups is 1.